The third kappa shape index (κ3) is 8.69. The average Bonchev–Trinajstić information content (AvgIpc) is 2.51. The molecule has 0 saturated carbocycles. The van der Waals surface area contributed by atoms with E-state index in [1.165, 1.54) is 0 Å². The Hall–Kier alpha value is -1.12. The summed E-state index contributed by atoms with van der Waals surface area (Å²) >= 11 is 0. The molecular formula is C18H32F2O. The van der Waals surface area contributed by atoms with Gasteiger partial charge in [-0.15, -0.1) is 0 Å². The summed E-state index contributed by atoms with van der Waals surface area (Å²) in [4.78, 5) is 0. The van der Waals surface area contributed by atoms with Gasteiger partial charge in [-0.2, -0.15) is 4.39 Å². The van der Waals surface area contributed by atoms with Crippen molar-refractivity contribution in [1.29, 1.82) is 0 Å². The number of allylic oxidation sites excluding steroid dienone is 3. The summed E-state index contributed by atoms with van der Waals surface area (Å²) in [5, 5.41) is 0. The first kappa shape index (κ1) is 22.2. The second kappa shape index (κ2) is 12.6. The van der Waals surface area contributed by atoms with Gasteiger partial charge in [-0.05, 0) is 30.8 Å². The highest BCUT2D eigenvalue weighted by atomic mass is 19.2. The minimum atomic E-state index is -1.04. The van der Waals surface area contributed by atoms with Gasteiger partial charge in [0.05, 0.1) is 6.61 Å². The zero-order valence-electron chi connectivity index (χ0n) is 14.6. The topological polar surface area (TPSA) is 9.23 Å². The fourth-order valence-corrected chi connectivity index (χ4v) is 1.63. The molecule has 0 N–H and O–H groups in total. The molecule has 3 heteroatoms. The van der Waals surface area contributed by atoms with Gasteiger partial charge in [0.1, 0.15) is 0 Å². The SMILES string of the molecule is C=C(OCC)/C(F)=C(/F)C(=C)C(C)CCC(C)CC.CC. The Kier molecular flexibility index (Phi) is 13.3. The largest absolute Gasteiger partial charge is 0.491 e. The standard InChI is InChI=1S/C16H26F2O.C2H6/c1-7-11(3)9-10-12(4)13(5)15(17)16(18)14(6)19-8-2;1-2/h11-12H,5-10H2,1-4H3;1-2H3/b16-15-;. The van der Waals surface area contributed by atoms with E-state index in [0.29, 0.717) is 5.92 Å². The third-order valence-corrected chi connectivity index (χ3v) is 3.42. The number of rotatable bonds is 9. The van der Waals surface area contributed by atoms with Gasteiger partial charge in [0, 0.05) is 0 Å². The van der Waals surface area contributed by atoms with E-state index in [1.807, 2.05) is 20.8 Å². The zero-order valence-corrected chi connectivity index (χ0v) is 14.6. The second-order valence-corrected chi connectivity index (χ2v) is 5.00. The average molecular weight is 302 g/mol. The van der Waals surface area contributed by atoms with Crippen molar-refractivity contribution in [2.24, 2.45) is 11.8 Å². The lowest BCUT2D eigenvalue weighted by atomic mass is 9.91. The highest BCUT2D eigenvalue weighted by Crippen LogP contribution is 2.30. The molecule has 124 valence electrons. The van der Waals surface area contributed by atoms with Crippen LogP contribution in [0.5, 0.6) is 0 Å². The van der Waals surface area contributed by atoms with Crippen molar-refractivity contribution in [3.63, 3.8) is 0 Å². The van der Waals surface area contributed by atoms with Crippen LogP contribution in [-0.4, -0.2) is 6.61 Å². The van der Waals surface area contributed by atoms with Gasteiger partial charge in [-0.1, -0.05) is 60.6 Å². The van der Waals surface area contributed by atoms with Crippen LogP contribution in [0.15, 0.2) is 36.1 Å². The van der Waals surface area contributed by atoms with Gasteiger partial charge in [-0.3, -0.25) is 0 Å². The van der Waals surface area contributed by atoms with Gasteiger partial charge >= 0.3 is 0 Å². The molecule has 0 spiro atoms. The van der Waals surface area contributed by atoms with Gasteiger partial charge in [-0.25, -0.2) is 4.39 Å². The van der Waals surface area contributed by atoms with Crippen molar-refractivity contribution in [2.75, 3.05) is 6.61 Å². The molecule has 1 nitrogen and oxygen atoms in total. The maximum absolute atomic E-state index is 13.9. The molecule has 0 bridgehead atoms. The molecule has 2 atom stereocenters. The number of ether oxygens (including phenoxy) is 1. The summed E-state index contributed by atoms with van der Waals surface area (Å²) in [6, 6.07) is 0. The Morgan fingerprint density at radius 3 is 1.95 bits per heavy atom. The fourth-order valence-electron chi connectivity index (χ4n) is 1.63. The Balaban J connectivity index is 0. The minimum Gasteiger partial charge on any atom is -0.491 e. The molecular weight excluding hydrogens is 270 g/mol. The summed E-state index contributed by atoms with van der Waals surface area (Å²) in [6.07, 6.45) is 2.88. The molecule has 0 radical (unpaired) electrons. The smallest absolute Gasteiger partial charge is 0.200 e. The number of halogens is 2. The highest BCUT2D eigenvalue weighted by molar-refractivity contribution is 5.33. The van der Waals surface area contributed by atoms with E-state index in [2.05, 4.69) is 27.0 Å². The van der Waals surface area contributed by atoms with Crippen molar-refractivity contribution in [3.8, 4) is 0 Å². The summed E-state index contributed by atoms with van der Waals surface area (Å²) < 4.78 is 32.4. The fraction of sp³-hybridized carbons (Fsp3) is 0.667. The van der Waals surface area contributed by atoms with Crippen LogP contribution in [0.3, 0.4) is 0 Å². The number of hydrogen-bond donors (Lipinski definition) is 0. The third-order valence-electron chi connectivity index (χ3n) is 3.42. The molecule has 21 heavy (non-hydrogen) atoms. The van der Waals surface area contributed by atoms with E-state index < -0.39 is 11.7 Å². The maximum atomic E-state index is 13.9. The predicted octanol–water partition coefficient (Wildman–Crippen LogP) is 6.73. The van der Waals surface area contributed by atoms with Gasteiger partial charge < -0.3 is 4.74 Å². The second-order valence-electron chi connectivity index (χ2n) is 5.00. The molecule has 0 amide bonds. The molecule has 0 aliphatic rings. The summed E-state index contributed by atoms with van der Waals surface area (Å²) in [7, 11) is 0. The predicted molar refractivity (Wildman–Crippen MR) is 88.3 cm³/mol. The van der Waals surface area contributed by atoms with Crippen LogP contribution >= 0.6 is 0 Å². The molecule has 0 rings (SSSR count). The summed E-state index contributed by atoms with van der Waals surface area (Å²) in [6.45, 7) is 19.1. The first-order chi connectivity index (χ1) is 9.84. The Morgan fingerprint density at radius 2 is 1.52 bits per heavy atom. The van der Waals surface area contributed by atoms with Crippen molar-refractivity contribution in [2.45, 2.75) is 60.8 Å². The normalized spacial score (nSPS) is 14.3. The first-order valence-electron chi connectivity index (χ1n) is 7.91. The Bertz CT molecular complexity index is 345. The van der Waals surface area contributed by atoms with Gasteiger partial charge in [0.25, 0.3) is 0 Å². The van der Waals surface area contributed by atoms with E-state index in [4.69, 9.17) is 4.74 Å². The van der Waals surface area contributed by atoms with E-state index in [-0.39, 0.29) is 23.9 Å². The van der Waals surface area contributed by atoms with Crippen LogP contribution in [-0.2, 0) is 4.74 Å². The van der Waals surface area contributed by atoms with E-state index in [0.717, 1.165) is 19.3 Å². The summed E-state index contributed by atoms with van der Waals surface area (Å²) in [5.74, 6) is -1.74. The molecule has 0 aromatic heterocycles. The van der Waals surface area contributed by atoms with E-state index >= 15 is 0 Å². The van der Waals surface area contributed by atoms with Crippen LogP contribution in [0.25, 0.3) is 0 Å². The van der Waals surface area contributed by atoms with Crippen LogP contribution in [0.1, 0.15) is 60.8 Å². The molecule has 0 aromatic rings. The number of hydrogen-bond acceptors (Lipinski definition) is 1. The van der Waals surface area contributed by atoms with Crippen molar-refractivity contribution < 1.29 is 13.5 Å². The van der Waals surface area contributed by atoms with E-state index in [1.54, 1.807) is 6.92 Å². The van der Waals surface area contributed by atoms with Crippen LogP contribution in [0.2, 0.25) is 0 Å². The lowest BCUT2D eigenvalue weighted by Gasteiger charge is -2.16. The van der Waals surface area contributed by atoms with Crippen molar-refractivity contribution >= 4 is 0 Å². The molecule has 0 aliphatic heterocycles. The lowest BCUT2D eigenvalue weighted by Crippen LogP contribution is -2.04. The first-order valence-corrected chi connectivity index (χ1v) is 7.91. The monoisotopic (exact) mass is 302 g/mol. The zero-order chi connectivity index (χ0) is 17.0. The van der Waals surface area contributed by atoms with Crippen molar-refractivity contribution in [1.82, 2.24) is 0 Å². The molecule has 0 aliphatic carbocycles. The quantitative estimate of drug-likeness (QED) is 0.339. The molecule has 0 heterocycles. The maximum Gasteiger partial charge on any atom is 0.200 e. The highest BCUT2D eigenvalue weighted by Gasteiger charge is 2.19. The molecule has 0 fully saturated rings. The molecule has 0 saturated heterocycles. The summed E-state index contributed by atoms with van der Waals surface area (Å²) in [5.41, 5.74) is 0.182. The van der Waals surface area contributed by atoms with Gasteiger partial charge in [0.2, 0.25) is 0 Å². The van der Waals surface area contributed by atoms with Crippen LogP contribution < -0.4 is 0 Å². The molecule has 2 unspecified atom stereocenters. The van der Waals surface area contributed by atoms with Crippen LogP contribution in [0.4, 0.5) is 8.78 Å². The molecule has 0 aromatic carbocycles. The Morgan fingerprint density at radius 1 is 1.00 bits per heavy atom. The lowest BCUT2D eigenvalue weighted by molar-refractivity contribution is 0.223. The Labute approximate surface area is 129 Å². The van der Waals surface area contributed by atoms with E-state index in [9.17, 15) is 8.78 Å². The minimum absolute atomic E-state index is 0.0887. The van der Waals surface area contributed by atoms with Crippen molar-refractivity contribution in [3.05, 3.63) is 36.1 Å². The van der Waals surface area contributed by atoms with Gasteiger partial charge in [0.15, 0.2) is 17.4 Å². The van der Waals surface area contributed by atoms with Crippen LogP contribution in [0, 0.1) is 11.8 Å².